The second-order valence-electron chi connectivity index (χ2n) is 5.57. The number of likely N-dealkylation sites (tertiary alicyclic amines) is 1. The summed E-state index contributed by atoms with van der Waals surface area (Å²) in [6.07, 6.45) is 2.36. The Morgan fingerprint density at radius 1 is 1.52 bits per heavy atom. The minimum absolute atomic E-state index is 0.123. The second kappa shape index (κ2) is 5.57. The molecule has 1 saturated heterocycles. The van der Waals surface area contributed by atoms with E-state index in [1.807, 2.05) is 0 Å². The van der Waals surface area contributed by atoms with Gasteiger partial charge < -0.3 is 9.80 Å². The minimum Gasteiger partial charge on any atom is -0.347 e. The maximum atomic E-state index is 10.8. The summed E-state index contributed by atoms with van der Waals surface area (Å²) in [5.41, 5.74) is 0.953. The van der Waals surface area contributed by atoms with Crippen LogP contribution in [0.3, 0.4) is 0 Å². The highest BCUT2D eigenvalue weighted by atomic mass is 32.1. The largest absolute Gasteiger partial charge is 0.347 e. The molecule has 1 aliphatic heterocycles. The van der Waals surface area contributed by atoms with Gasteiger partial charge in [0.2, 0.25) is 0 Å². The Kier molecular flexibility index (Phi) is 3.77. The van der Waals surface area contributed by atoms with Crippen molar-refractivity contribution in [1.29, 1.82) is 0 Å². The number of thiazole rings is 1. The molecule has 6 nitrogen and oxygen atoms in total. The number of hydrogen-bond acceptors (Lipinski definition) is 6. The average molecular weight is 306 g/mol. The summed E-state index contributed by atoms with van der Waals surface area (Å²) in [4.78, 5) is 19.6. The van der Waals surface area contributed by atoms with E-state index in [-0.39, 0.29) is 10.6 Å². The zero-order valence-electron chi connectivity index (χ0n) is 12.2. The fraction of sp³-hybridized carbons (Fsp3) is 0.500. The molecule has 0 aliphatic carbocycles. The van der Waals surface area contributed by atoms with Crippen LogP contribution in [0.25, 0.3) is 10.2 Å². The molecule has 2 heterocycles. The first kappa shape index (κ1) is 14.2. The van der Waals surface area contributed by atoms with E-state index in [4.69, 9.17) is 0 Å². The Labute approximate surface area is 127 Å². The van der Waals surface area contributed by atoms with Gasteiger partial charge >= 0.3 is 0 Å². The monoisotopic (exact) mass is 306 g/mol. The van der Waals surface area contributed by atoms with Gasteiger partial charge in [-0.25, -0.2) is 4.98 Å². The molecule has 7 heteroatoms. The summed E-state index contributed by atoms with van der Waals surface area (Å²) >= 11 is 1.52. The van der Waals surface area contributed by atoms with Crippen molar-refractivity contribution in [2.75, 3.05) is 32.1 Å². The van der Waals surface area contributed by atoms with E-state index in [1.165, 1.54) is 23.8 Å². The van der Waals surface area contributed by atoms with Gasteiger partial charge in [-0.1, -0.05) is 11.3 Å². The molecule has 1 aliphatic rings. The first-order valence-corrected chi connectivity index (χ1v) is 7.82. The van der Waals surface area contributed by atoms with E-state index in [0.29, 0.717) is 6.04 Å². The molecular formula is C14H18N4O2S. The van der Waals surface area contributed by atoms with Crippen molar-refractivity contribution in [3.05, 3.63) is 28.3 Å². The van der Waals surface area contributed by atoms with Gasteiger partial charge in [-0.2, -0.15) is 0 Å². The highest BCUT2D eigenvalue weighted by Crippen LogP contribution is 2.32. The molecule has 1 aromatic carbocycles. The van der Waals surface area contributed by atoms with Crippen molar-refractivity contribution in [3.8, 4) is 0 Å². The number of benzene rings is 1. The fourth-order valence-electron chi connectivity index (χ4n) is 2.78. The number of rotatable bonds is 3. The predicted molar refractivity (Wildman–Crippen MR) is 85.2 cm³/mol. The first-order valence-electron chi connectivity index (χ1n) is 7.01. The molecule has 112 valence electrons. The third-order valence-electron chi connectivity index (χ3n) is 4.02. The van der Waals surface area contributed by atoms with Crippen molar-refractivity contribution in [3.63, 3.8) is 0 Å². The van der Waals surface area contributed by atoms with Crippen molar-refractivity contribution in [2.24, 2.45) is 0 Å². The summed E-state index contributed by atoms with van der Waals surface area (Å²) in [6, 6.07) is 5.31. The van der Waals surface area contributed by atoms with E-state index in [0.717, 1.165) is 34.9 Å². The second-order valence-corrected chi connectivity index (χ2v) is 6.58. The Bertz CT molecular complexity index is 672. The lowest BCUT2D eigenvalue weighted by atomic mass is 10.1. The molecule has 0 spiro atoms. The molecule has 21 heavy (non-hydrogen) atoms. The molecular weight excluding hydrogens is 288 g/mol. The molecule has 0 N–H and O–H groups in total. The Morgan fingerprint density at radius 2 is 2.33 bits per heavy atom. The number of nitro groups is 1. The van der Waals surface area contributed by atoms with Crippen LogP contribution in [-0.2, 0) is 0 Å². The highest BCUT2D eigenvalue weighted by Gasteiger charge is 2.23. The van der Waals surface area contributed by atoms with Crippen LogP contribution in [0.2, 0.25) is 0 Å². The van der Waals surface area contributed by atoms with Crippen LogP contribution in [0, 0.1) is 10.1 Å². The lowest BCUT2D eigenvalue weighted by Crippen LogP contribution is -2.45. The smallest absolute Gasteiger partial charge is 0.270 e. The highest BCUT2D eigenvalue weighted by molar-refractivity contribution is 7.22. The zero-order valence-corrected chi connectivity index (χ0v) is 13.0. The van der Waals surface area contributed by atoms with Gasteiger partial charge in [-0.15, -0.1) is 0 Å². The Hall–Kier alpha value is -1.73. The summed E-state index contributed by atoms with van der Waals surface area (Å²) in [5.74, 6) is 0. The Balaban J connectivity index is 1.87. The number of aromatic nitrogens is 1. The van der Waals surface area contributed by atoms with Crippen molar-refractivity contribution in [1.82, 2.24) is 9.88 Å². The van der Waals surface area contributed by atoms with Gasteiger partial charge in [0.1, 0.15) is 0 Å². The summed E-state index contributed by atoms with van der Waals surface area (Å²) in [6.45, 7) is 2.18. The maximum absolute atomic E-state index is 10.8. The Morgan fingerprint density at radius 3 is 3.05 bits per heavy atom. The number of nitro benzene ring substituents is 1. The number of hydrogen-bond donors (Lipinski definition) is 0. The molecule has 0 radical (unpaired) electrons. The molecule has 2 aromatic rings. The summed E-state index contributed by atoms with van der Waals surface area (Å²) in [7, 11) is 4.21. The maximum Gasteiger partial charge on any atom is 0.270 e. The number of anilines is 1. The van der Waals surface area contributed by atoms with Crippen LogP contribution < -0.4 is 4.90 Å². The van der Waals surface area contributed by atoms with Gasteiger partial charge in [0.25, 0.3) is 5.69 Å². The minimum atomic E-state index is -0.362. The van der Waals surface area contributed by atoms with E-state index in [1.54, 1.807) is 12.1 Å². The van der Waals surface area contributed by atoms with Gasteiger partial charge in [0, 0.05) is 31.8 Å². The lowest BCUT2D eigenvalue weighted by molar-refractivity contribution is -0.384. The van der Waals surface area contributed by atoms with Crippen LogP contribution in [0.4, 0.5) is 10.8 Å². The normalized spacial score (nSPS) is 19.8. The average Bonchev–Trinajstić information content (AvgIpc) is 2.89. The van der Waals surface area contributed by atoms with Crippen molar-refractivity contribution < 1.29 is 4.92 Å². The number of piperidine rings is 1. The van der Waals surface area contributed by atoms with Crippen molar-refractivity contribution >= 4 is 32.4 Å². The number of fused-ring (bicyclic) bond motifs is 1. The summed E-state index contributed by atoms with van der Waals surface area (Å²) in [5, 5.41) is 11.8. The molecule has 0 amide bonds. The molecule has 0 saturated carbocycles. The number of nitrogens with zero attached hydrogens (tertiary/aromatic N) is 4. The topological polar surface area (TPSA) is 62.5 Å². The quantitative estimate of drug-likeness (QED) is 0.644. The molecule has 1 aromatic heterocycles. The van der Waals surface area contributed by atoms with Crippen LogP contribution in [0.15, 0.2) is 18.2 Å². The summed E-state index contributed by atoms with van der Waals surface area (Å²) < 4.78 is 0.871. The van der Waals surface area contributed by atoms with E-state index in [2.05, 4.69) is 28.9 Å². The van der Waals surface area contributed by atoms with Gasteiger partial charge in [0.05, 0.1) is 15.1 Å². The van der Waals surface area contributed by atoms with E-state index >= 15 is 0 Å². The third kappa shape index (κ3) is 2.84. The van der Waals surface area contributed by atoms with Gasteiger partial charge in [0.15, 0.2) is 5.13 Å². The number of non-ortho nitro benzene ring substituents is 1. The standard InChI is InChI=1S/C14H18N4O2S/c1-16-7-3-4-11(9-16)17(2)14-15-12-6-5-10(18(19)20)8-13(12)21-14/h5-6,8,11H,3-4,7,9H2,1-2H3. The third-order valence-corrected chi connectivity index (χ3v) is 5.13. The molecule has 0 bridgehead atoms. The zero-order chi connectivity index (χ0) is 15.0. The number of likely N-dealkylation sites (N-methyl/N-ethyl adjacent to an activating group) is 2. The lowest BCUT2D eigenvalue weighted by Gasteiger charge is -2.35. The predicted octanol–water partition coefficient (Wildman–Crippen LogP) is 2.73. The van der Waals surface area contributed by atoms with Gasteiger partial charge in [-0.3, -0.25) is 10.1 Å². The van der Waals surface area contributed by atoms with Crippen LogP contribution in [0.5, 0.6) is 0 Å². The molecule has 1 fully saturated rings. The molecule has 1 atom stereocenters. The van der Waals surface area contributed by atoms with Crippen LogP contribution >= 0.6 is 11.3 Å². The SMILES string of the molecule is CN1CCCC(N(C)c2nc3ccc([N+](=O)[O-])cc3s2)C1. The van der Waals surface area contributed by atoms with E-state index < -0.39 is 0 Å². The molecule has 3 rings (SSSR count). The van der Waals surface area contributed by atoms with E-state index in [9.17, 15) is 10.1 Å². The van der Waals surface area contributed by atoms with Crippen LogP contribution in [0.1, 0.15) is 12.8 Å². The first-order chi connectivity index (χ1) is 10.0. The van der Waals surface area contributed by atoms with Crippen molar-refractivity contribution in [2.45, 2.75) is 18.9 Å². The fourth-order valence-corrected chi connectivity index (χ4v) is 3.81. The van der Waals surface area contributed by atoms with Crippen LogP contribution in [-0.4, -0.2) is 48.0 Å². The van der Waals surface area contributed by atoms with Gasteiger partial charge in [-0.05, 0) is 32.5 Å². The molecule has 1 unspecified atom stereocenters.